The Balaban J connectivity index is 3.32. The summed E-state index contributed by atoms with van der Waals surface area (Å²) in [6, 6.07) is 0. The molecule has 1 fully saturated rings. The van der Waals surface area contributed by atoms with Crippen LogP contribution in [0.3, 0.4) is 0 Å². The van der Waals surface area contributed by atoms with E-state index in [0.717, 1.165) is 7.05 Å². The number of nitrogens with one attached hydrogen (secondary N) is 1. The molecule has 0 aromatic heterocycles. The number of sulfonamides is 1. The van der Waals surface area contributed by atoms with Crippen LogP contribution in [-0.2, 0) is 14.8 Å². The summed E-state index contributed by atoms with van der Waals surface area (Å²) < 4.78 is 61.5. The summed E-state index contributed by atoms with van der Waals surface area (Å²) in [7, 11) is -2.94. The third-order valence-corrected chi connectivity index (χ3v) is 4.27. The van der Waals surface area contributed by atoms with Gasteiger partial charge in [-0.2, -0.15) is 17.5 Å². The van der Waals surface area contributed by atoms with Crippen molar-refractivity contribution in [3.8, 4) is 0 Å². The number of carbonyl (C=O) groups is 1. The van der Waals surface area contributed by atoms with Gasteiger partial charge in [-0.1, -0.05) is 0 Å². The number of hydrogen-bond donors (Lipinski definition) is 2. The Bertz CT molecular complexity index is 465. The van der Waals surface area contributed by atoms with E-state index in [0.29, 0.717) is 10.6 Å². The molecule has 6 nitrogen and oxygen atoms in total. The number of halogens is 3. The van der Waals surface area contributed by atoms with Gasteiger partial charge in [0.05, 0.1) is 18.8 Å². The molecule has 19 heavy (non-hydrogen) atoms. The van der Waals surface area contributed by atoms with Crippen LogP contribution in [0.25, 0.3) is 0 Å². The molecule has 2 N–H and O–H groups in total. The average molecular weight is 304 g/mol. The van der Waals surface area contributed by atoms with E-state index in [1.54, 1.807) is 0 Å². The second-order valence-electron chi connectivity index (χ2n) is 4.55. The first-order valence-electron chi connectivity index (χ1n) is 5.37. The van der Waals surface area contributed by atoms with Crippen LogP contribution in [0.15, 0.2) is 0 Å². The Labute approximate surface area is 108 Å². The number of rotatable bonds is 3. The first kappa shape index (κ1) is 16.2. The lowest BCUT2D eigenvalue weighted by Gasteiger charge is -2.35. The van der Waals surface area contributed by atoms with Gasteiger partial charge in [-0.3, -0.25) is 4.79 Å². The van der Waals surface area contributed by atoms with Crippen molar-refractivity contribution < 1.29 is 31.5 Å². The zero-order valence-electron chi connectivity index (χ0n) is 10.4. The third kappa shape index (κ3) is 3.37. The van der Waals surface area contributed by atoms with Gasteiger partial charge in [0.25, 0.3) is 0 Å². The Morgan fingerprint density at radius 3 is 2.42 bits per heavy atom. The minimum absolute atomic E-state index is 0.428. The zero-order chi connectivity index (χ0) is 15.1. The van der Waals surface area contributed by atoms with Gasteiger partial charge in [0.1, 0.15) is 5.54 Å². The molecule has 1 heterocycles. The van der Waals surface area contributed by atoms with Crippen molar-refractivity contribution in [2.75, 3.05) is 19.8 Å². The largest absolute Gasteiger partial charge is 0.392 e. The lowest BCUT2D eigenvalue weighted by Crippen LogP contribution is -2.58. The van der Waals surface area contributed by atoms with E-state index in [1.807, 2.05) is 5.32 Å². The highest BCUT2D eigenvalue weighted by Gasteiger charge is 2.59. The molecule has 1 aliphatic rings. The number of alkyl halides is 3. The summed E-state index contributed by atoms with van der Waals surface area (Å²) in [4.78, 5) is 11.8. The standard InChI is InChI=1S/C9H15F3N2O4S/c1-13-7(16)8(5-9(10,11)12)3-6(15)4-14(8)19(2,17)18/h6,15H,3-5H2,1-2H3,(H,13,16). The summed E-state index contributed by atoms with van der Waals surface area (Å²) >= 11 is 0. The number of carbonyl (C=O) groups excluding carboxylic acids is 1. The second-order valence-corrected chi connectivity index (χ2v) is 6.46. The molecule has 0 saturated carbocycles. The maximum Gasteiger partial charge on any atom is 0.391 e. The molecule has 1 amide bonds. The fourth-order valence-electron chi connectivity index (χ4n) is 2.39. The molecule has 0 aliphatic carbocycles. The number of hydrogen-bond acceptors (Lipinski definition) is 4. The molecule has 10 heteroatoms. The van der Waals surface area contributed by atoms with Crippen LogP contribution in [0.1, 0.15) is 12.8 Å². The van der Waals surface area contributed by atoms with Crippen LogP contribution >= 0.6 is 0 Å². The van der Waals surface area contributed by atoms with E-state index in [2.05, 4.69) is 0 Å². The van der Waals surface area contributed by atoms with Crippen LogP contribution in [-0.4, -0.2) is 61.4 Å². The van der Waals surface area contributed by atoms with Gasteiger partial charge >= 0.3 is 6.18 Å². The number of β-amino-alcohol motifs (C(OH)–C–C–N with tert-alkyl or cyclic N) is 1. The number of likely N-dealkylation sites (N-methyl/N-ethyl adjacent to an activating group) is 1. The van der Waals surface area contributed by atoms with Crippen molar-refractivity contribution in [1.82, 2.24) is 9.62 Å². The van der Waals surface area contributed by atoms with Crippen LogP contribution < -0.4 is 5.32 Å². The van der Waals surface area contributed by atoms with Gasteiger partial charge in [-0.05, 0) is 0 Å². The van der Waals surface area contributed by atoms with Crippen molar-refractivity contribution in [2.24, 2.45) is 0 Å². The van der Waals surface area contributed by atoms with Gasteiger partial charge in [-0.25, -0.2) is 8.42 Å². The van der Waals surface area contributed by atoms with Crippen LogP contribution in [0, 0.1) is 0 Å². The molecule has 0 aromatic carbocycles. The molecule has 0 bridgehead atoms. The van der Waals surface area contributed by atoms with E-state index in [4.69, 9.17) is 0 Å². The van der Waals surface area contributed by atoms with Gasteiger partial charge in [0.2, 0.25) is 15.9 Å². The Morgan fingerprint density at radius 2 is 2.05 bits per heavy atom. The minimum atomic E-state index is -4.74. The van der Waals surface area contributed by atoms with Crippen molar-refractivity contribution in [2.45, 2.75) is 30.7 Å². The second kappa shape index (κ2) is 4.91. The summed E-state index contributed by atoms with van der Waals surface area (Å²) in [5, 5.41) is 11.5. The fourth-order valence-corrected chi connectivity index (χ4v) is 3.69. The predicted octanol–water partition coefficient (Wildman–Crippen LogP) is -0.550. The quantitative estimate of drug-likeness (QED) is 0.732. The molecule has 0 aromatic rings. The molecule has 0 spiro atoms. The number of aliphatic hydroxyl groups is 1. The number of aliphatic hydroxyl groups excluding tert-OH is 1. The highest BCUT2D eigenvalue weighted by Crippen LogP contribution is 2.40. The van der Waals surface area contributed by atoms with Crippen LogP contribution in [0.4, 0.5) is 13.2 Å². The Hall–Kier alpha value is -0.870. The molecule has 2 atom stereocenters. The first-order chi connectivity index (χ1) is 8.42. The van der Waals surface area contributed by atoms with Crippen molar-refractivity contribution >= 4 is 15.9 Å². The van der Waals surface area contributed by atoms with E-state index < -0.39 is 53.1 Å². The lowest BCUT2D eigenvalue weighted by molar-refractivity contribution is -0.164. The molecule has 1 aliphatic heterocycles. The van der Waals surface area contributed by atoms with Crippen LogP contribution in [0.2, 0.25) is 0 Å². The average Bonchev–Trinajstić information content (AvgIpc) is 2.52. The van der Waals surface area contributed by atoms with Gasteiger partial charge in [-0.15, -0.1) is 0 Å². The number of amides is 1. The lowest BCUT2D eigenvalue weighted by atomic mass is 9.91. The summed E-state index contributed by atoms with van der Waals surface area (Å²) in [5.41, 5.74) is -2.32. The minimum Gasteiger partial charge on any atom is -0.392 e. The molecular weight excluding hydrogens is 289 g/mol. The molecule has 112 valence electrons. The molecule has 1 saturated heterocycles. The summed E-state index contributed by atoms with van der Waals surface area (Å²) in [6.07, 6.45) is -7.56. The van der Waals surface area contributed by atoms with Gasteiger partial charge in [0.15, 0.2) is 0 Å². The molecule has 0 radical (unpaired) electrons. The molecular formula is C9H15F3N2O4S. The van der Waals surface area contributed by atoms with Crippen molar-refractivity contribution in [1.29, 1.82) is 0 Å². The van der Waals surface area contributed by atoms with Gasteiger partial charge in [0, 0.05) is 20.0 Å². The Kier molecular flexibility index (Phi) is 4.18. The topological polar surface area (TPSA) is 86.7 Å². The normalized spacial score (nSPS) is 29.5. The smallest absolute Gasteiger partial charge is 0.391 e. The Morgan fingerprint density at radius 1 is 1.53 bits per heavy atom. The van der Waals surface area contributed by atoms with E-state index in [-0.39, 0.29) is 0 Å². The molecule has 2 unspecified atom stereocenters. The summed E-state index contributed by atoms with van der Waals surface area (Å²) in [6.45, 7) is -0.525. The fraction of sp³-hybridized carbons (Fsp3) is 0.889. The summed E-state index contributed by atoms with van der Waals surface area (Å²) in [5.74, 6) is -1.08. The SMILES string of the molecule is CNC(=O)C1(CC(F)(F)F)CC(O)CN1S(C)(=O)=O. The van der Waals surface area contributed by atoms with E-state index >= 15 is 0 Å². The zero-order valence-corrected chi connectivity index (χ0v) is 11.2. The van der Waals surface area contributed by atoms with E-state index in [1.165, 1.54) is 0 Å². The maximum atomic E-state index is 12.7. The first-order valence-corrected chi connectivity index (χ1v) is 7.22. The predicted molar refractivity (Wildman–Crippen MR) is 59.6 cm³/mol. The molecule has 1 rings (SSSR count). The van der Waals surface area contributed by atoms with Gasteiger partial charge < -0.3 is 10.4 Å². The third-order valence-electron chi connectivity index (χ3n) is 2.97. The van der Waals surface area contributed by atoms with E-state index in [9.17, 15) is 31.5 Å². The highest BCUT2D eigenvalue weighted by atomic mass is 32.2. The maximum absolute atomic E-state index is 12.7. The highest BCUT2D eigenvalue weighted by molar-refractivity contribution is 7.88. The van der Waals surface area contributed by atoms with Crippen LogP contribution in [0.5, 0.6) is 0 Å². The van der Waals surface area contributed by atoms with Crippen molar-refractivity contribution in [3.63, 3.8) is 0 Å². The number of nitrogens with zero attached hydrogens (tertiary/aromatic N) is 1. The monoisotopic (exact) mass is 304 g/mol. The van der Waals surface area contributed by atoms with Crippen molar-refractivity contribution in [3.05, 3.63) is 0 Å².